The summed E-state index contributed by atoms with van der Waals surface area (Å²) in [5.41, 5.74) is 1.86. The number of rotatable bonds is 9. The molecule has 0 spiro atoms. The highest BCUT2D eigenvalue weighted by Gasteiger charge is 2.45. The van der Waals surface area contributed by atoms with E-state index in [0.717, 1.165) is 11.3 Å². The van der Waals surface area contributed by atoms with Gasteiger partial charge in [-0.2, -0.15) is 0 Å². The zero-order chi connectivity index (χ0) is 26.8. The van der Waals surface area contributed by atoms with Crippen molar-refractivity contribution >= 4 is 40.4 Å². The van der Waals surface area contributed by atoms with Crippen LogP contribution in [0.2, 0.25) is 5.02 Å². The molecular formula is C32H34Cl2NO3P. The molecule has 5 rings (SSSR count). The van der Waals surface area contributed by atoms with Gasteiger partial charge in [0.1, 0.15) is 28.9 Å². The fourth-order valence-electron chi connectivity index (χ4n) is 4.60. The molecule has 39 heavy (non-hydrogen) atoms. The van der Waals surface area contributed by atoms with Gasteiger partial charge in [-0.3, -0.25) is 4.98 Å². The highest BCUT2D eigenvalue weighted by atomic mass is 35.5. The first kappa shape index (κ1) is 30.7. The van der Waals surface area contributed by atoms with Crippen molar-refractivity contribution in [2.45, 2.75) is 12.8 Å². The standard InChI is InChI=1S/C20H20OP.C12H14ClNO2.ClH/c1-21-17-22(18-11-5-2-6-12-18,19-13-7-3-8-14-19)20-15-9-4-10-16-20;1-15-7-9(8-3-4-8)11-12(16-2)10(13)5-6-14-11;/h2-16H,17H2,1H3;5-8H,3-4H2,1-2H3;1H/q+1;;/p-1. The number of methoxy groups -OCH3 is 3. The molecule has 0 atom stereocenters. The van der Waals surface area contributed by atoms with Crippen molar-refractivity contribution in [3.05, 3.63) is 120 Å². The van der Waals surface area contributed by atoms with Crippen LogP contribution in [0.25, 0.3) is 5.57 Å². The number of hydrogen-bond acceptors (Lipinski definition) is 4. The van der Waals surface area contributed by atoms with E-state index in [9.17, 15) is 0 Å². The number of hydrogen-bond donors (Lipinski definition) is 0. The lowest BCUT2D eigenvalue weighted by Gasteiger charge is -2.26. The molecule has 4 aromatic rings. The van der Waals surface area contributed by atoms with Gasteiger partial charge >= 0.3 is 0 Å². The zero-order valence-corrected chi connectivity index (χ0v) is 24.9. The molecule has 0 aliphatic heterocycles. The normalized spacial score (nSPS) is 13.0. The number of allylic oxidation sites excluding steroid dienone is 1. The lowest BCUT2D eigenvalue weighted by Crippen LogP contribution is -3.00. The third kappa shape index (κ3) is 7.21. The molecule has 1 aliphatic carbocycles. The Labute approximate surface area is 243 Å². The molecule has 204 valence electrons. The lowest BCUT2D eigenvalue weighted by atomic mass is 10.1. The molecule has 4 nitrogen and oxygen atoms in total. The third-order valence-corrected chi connectivity index (χ3v) is 11.0. The van der Waals surface area contributed by atoms with Crippen LogP contribution in [0.4, 0.5) is 0 Å². The summed E-state index contributed by atoms with van der Waals surface area (Å²) in [6, 6.07) is 34.0. The molecule has 1 aliphatic rings. The van der Waals surface area contributed by atoms with Crippen LogP contribution >= 0.6 is 18.9 Å². The Bertz CT molecular complexity index is 1220. The van der Waals surface area contributed by atoms with Crippen LogP contribution in [0.5, 0.6) is 5.75 Å². The van der Waals surface area contributed by atoms with Gasteiger partial charge in [-0.05, 0) is 61.2 Å². The molecular weight excluding hydrogens is 548 g/mol. The topological polar surface area (TPSA) is 40.6 Å². The Kier molecular flexibility index (Phi) is 11.8. The summed E-state index contributed by atoms with van der Waals surface area (Å²) in [6.45, 7) is 0. The summed E-state index contributed by atoms with van der Waals surface area (Å²) in [5.74, 6) is 1.15. The van der Waals surface area contributed by atoms with Crippen LogP contribution in [0, 0.1) is 5.92 Å². The minimum Gasteiger partial charge on any atom is -1.00 e. The predicted molar refractivity (Wildman–Crippen MR) is 161 cm³/mol. The molecule has 1 heterocycles. The van der Waals surface area contributed by atoms with E-state index < -0.39 is 7.26 Å². The summed E-state index contributed by atoms with van der Waals surface area (Å²) < 4.78 is 16.1. The second-order valence-corrected chi connectivity index (χ2v) is 12.8. The van der Waals surface area contributed by atoms with E-state index in [-0.39, 0.29) is 12.4 Å². The van der Waals surface area contributed by atoms with E-state index in [1.54, 1.807) is 39.9 Å². The summed E-state index contributed by atoms with van der Waals surface area (Å²) in [5, 5.41) is 4.65. The van der Waals surface area contributed by atoms with Gasteiger partial charge in [0.2, 0.25) is 0 Å². The van der Waals surface area contributed by atoms with E-state index in [4.69, 9.17) is 25.8 Å². The zero-order valence-electron chi connectivity index (χ0n) is 22.5. The van der Waals surface area contributed by atoms with Gasteiger partial charge in [0.05, 0.1) is 25.5 Å². The summed E-state index contributed by atoms with van der Waals surface area (Å²) in [6.07, 6.45) is 6.48. The molecule has 3 aromatic carbocycles. The van der Waals surface area contributed by atoms with Crippen LogP contribution in [0.3, 0.4) is 0 Å². The highest BCUT2D eigenvalue weighted by molar-refractivity contribution is 7.95. The van der Waals surface area contributed by atoms with Gasteiger partial charge in [-0.25, -0.2) is 0 Å². The van der Waals surface area contributed by atoms with Crippen molar-refractivity contribution in [1.29, 1.82) is 0 Å². The van der Waals surface area contributed by atoms with Crippen LogP contribution in [0.15, 0.2) is 110 Å². The third-order valence-electron chi connectivity index (χ3n) is 6.51. The van der Waals surface area contributed by atoms with Crippen molar-refractivity contribution in [3.8, 4) is 5.75 Å². The van der Waals surface area contributed by atoms with Gasteiger partial charge in [0.25, 0.3) is 0 Å². The van der Waals surface area contributed by atoms with Crippen molar-refractivity contribution in [2.75, 3.05) is 27.7 Å². The number of pyridine rings is 1. The Morgan fingerprint density at radius 3 is 1.69 bits per heavy atom. The first-order valence-corrected chi connectivity index (χ1v) is 15.0. The maximum atomic E-state index is 6.07. The molecule has 0 N–H and O–H groups in total. The maximum absolute atomic E-state index is 6.07. The predicted octanol–water partition coefficient (Wildman–Crippen LogP) is 3.73. The monoisotopic (exact) mass is 581 g/mol. The second-order valence-electron chi connectivity index (χ2n) is 8.99. The average molecular weight is 583 g/mol. The number of benzene rings is 3. The van der Waals surface area contributed by atoms with Crippen molar-refractivity contribution < 1.29 is 26.6 Å². The minimum atomic E-state index is -1.78. The number of aromatic nitrogens is 1. The van der Waals surface area contributed by atoms with Crippen LogP contribution in [0.1, 0.15) is 18.5 Å². The van der Waals surface area contributed by atoms with E-state index >= 15 is 0 Å². The summed E-state index contributed by atoms with van der Waals surface area (Å²) in [4.78, 5) is 4.33. The molecule has 0 unspecified atom stereocenters. The highest BCUT2D eigenvalue weighted by Crippen LogP contribution is 2.55. The van der Waals surface area contributed by atoms with Crippen LogP contribution in [-0.2, 0) is 9.47 Å². The van der Waals surface area contributed by atoms with Gasteiger partial charge in [-0.1, -0.05) is 66.2 Å². The molecule has 1 fully saturated rings. The minimum absolute atomic E-state index is 0. The SMILES string of the molecule is COC=C(c1nccc(Cl)c1OC)C1CC1.COC[P+](c1ccccc1)(c1ccccc1)c1ccccc1.[Cl-]. The average Bonchev–Trinajstić information content (AvgIpc) is 3.82. The van der Waals surface area contributed by atoms with Crippen molar-refractivity contribution in [1.82, 2.24) is 4.98 Å². The Morgan fingerprint density at radius 2 is 1.31 bits per heavy atom. The molecule has 1 aromatic heterocycles. The Hall–Kier alpha value is -2.88. The molecule has 0 amide bonds. The second kappa shape index (κ2) is 15.1. The fraction of sp³-hybridized carbons (Fsp3) is 0.219. The lowest BCUT2D eigenvalue weighted by molar-refractivity contribution is -0.00000823. The van der Waals surface area contributed by atoms with E-state index in [1.165, 1.54) is 28.8 Å². The van der Waals surface area contributed by atoms with E-state index in [1.807, 2.05) is 0 Å². The number of ether oxygens (including phenoxy) is 3. The molecule has 7 heteroatoms. The van der Waals surface area contributed by atoms with Crippen molar-refractivity contribution in [2.24, 2.45) is 5.92 Å². The van der Waals surface area contributed by atoms with Crippen LogP contribution in [-0.4, -0.2) is 32.7 Å². The quantitative estimate of drug-likeness (QED) is 0.223. The molecule has 0 radical (unpaired) electrons. The Morgan fingerprint density at radius 1 is 0.821 bits per heavy atom. The summed E-state index contributed by atoms with van der Waals surface area (Å²) >= 11 is 6.07. The van der Waals surface area contributed by atoms with Crippen LogP contribution < -0.4 is 33.1 Å². The molecule has 1 saturated carbocycles. The number of nitrogens with zero attached hydrogens (tertiary/aromatic N) is 1. The van der Waals surface area contributed by atoms with Gasteiger partial charge < -0.3 is 26.6 Å². The van der Waals surface area contributed by atoms with Gasteiger partial charge in [-0.15, -0.1) is 0 Å². The molecule has 0 bridgehead atoms. The van der Waals surface area contributed by atoms with Gasteiger partial charge in [0, 0.05) is 18.9 Å². The van der Waals surface area contributed by atoms with Gasteiger partial charge in [0.15, 0.2) is 12.1 Å². The maximum Gasteiger partial charge on any atom is 0.170 e. The molecule has 0 saturated heterocycles. The first-order chi connectivity index (χ1) is 18.7. The largest absolute Gasteiger partial charge is 1.00 e. The van der Waals surface area contributed by atoms with E-state index in [2.05, 4.69) is 96.0 Å². The first-order valence-electron chi connectivity index (χ1n) is 12.6. The smallest absolute Gasteiger partial charge is 0.170 e. The van der Waals surface area contributed by atoms with Crippen molar-refractivity contribution in [3.63, 3.8) is 0 Å². The summed E-state index contributed by atoms with van der Waals surface area (Å²) in [7, 11) is 3.26. The fourth-order valence-corrected chi connectivity index (χ4v) is 8.60. The van der Waals surface area contributed by atoms with E-state index in [0.29, 0.717) is 23.0 Å². The number of halogens is 2. The Balaban J connectivity index is 0.000000220.